The van der Waals surface area contributed by atoms with Gasteiger partial charge in [-0.05, 0) is 42.9 Å². The van der Waals surface area contributed by atoms with Crippen LogP contribution < -0.4 is 5.32 Å². The van der Waals surface area contributed by atoms with E-state index < -0.39 is 5.97 Å². The highest BCUT2D eigenvalue weighted by atomic mass is 16.4. The highest BCUT2D eigenvalue weighted by Gasteiger charge is 2.42. The second kappa shape index (κ2) is 4.02. The first-order chi connectivity index (χ1) is 7.39. The summed E-state index contributed by atoms with van der Waals surface area (Å²) in [5, 5.41) is 12.6. The molecule has 0 aromatic rings. The van der Waals surface area contributed by atoms with Crippen LogP contribution in [-0.2, 0) is 4.79 Å². The molecule has 0 spiro atoms. The van der Waals surface area contributed by atoms with E-state index >= 15 is 0 Å². The Labute approximate surface area is 97.6 Å². The molecule has 0 aromatic heterocycles. The van der Waals surface area contributed by atoms with Crippen molar-refractivity contribution >= 4 is 5.97 Å². The van der Waals surface area contributed by atoms with Crippen molar-refractivity contribution in [3.05, 3.63) is 0 Å². The number of hydrogen-bond acceptors (Lipinski definition) is 2. The Morgan fingerprint density at radius 3 is 2.38 bits per heavy atom. The molecule has 2 aliphatic rings. The maximum atomic E-state index is 11.2. The summed E-state index contributed by atoms with van der Waals surface area (Å²) in [5.41, 5.74) is 0.365. The lowest BCUT2D eigenvalue weighted by Crippen LogP contribution is -2.46. The van der Waals surface area contributed by atoms with E-state index in [0.717, 1.165) is 19.3 Å². The van der Waals surface area contributed by atoms with Crippen LogP contribution in [0.3, 0.4) is 0 Å². The lowest BCUT2D eigenvalue weighted by molar-refractivity contribution is -0.140. The van der Waals surface area contributed by atoms with Gasteiger partial charge in [0, 0.05) is 6.04 Å². The Bertz CT molecular complexity index is 284. The fourth-order valence-electron chi connectivity index (χ4n) is 3.19. The van der Waals surface area contributed by atoms with Gasteiger partial charge in [0.15, 0.2) is 0 Å². The van der Waals surface area contributed by atoms with Crippen LogP contribution in [0.15, 0.2) is 0 Å². The topological polar surface area (TPSA) is 49.3 Å². The first-order valence-corrected chi connectivity index (χ1v) is 6.38. The van der Waals surface area contributed by atoms with E-state index in [9.17, 15) is 9.90 Å². The average molecular weight is 225 g/mol. The third-order valence-electron chi connectivity index (χ3n) is 4.09. The maximum Gasteiger partial charge on any atom is 0.320 e. The summed E-state index contributed by atoms with van der Waals surface area (Å²) >= 11 is 0. The summed E-state index contributed by atoms with van der Waals surface area (Å²) < 4.78 is 0. The van der Waals surface area contributed by atoms with Gasteiger partial charge < -0.3 is 10.4 Å². The summed E-state index contributed by atoms with van der Waals surface area (Å²) in [6, 6.07) is 0.0815. The van der Waals surface area contributed by atoms with Gasteiger partial charge in [-0.1, -0.05) is 20.8 Å². The Morgan fingerprint density at radius 2 is 2.00 bits per heavy atom. The van der Waals surface area contributed by atoms with Crippen molar-refractivity contribution < 1.29 is 9.90 Å². The van der Waals surface area contributed by atoms with Crippen LogP contribution in [0, 0.1) is 17.3 Å². The van der Waals surface area contributed by atoms with Crippen molar-refractivity contribution in [2.45, 2.75) is 58.5 Å². The highest BCUT2D eigenvalue weighted by molar-refractivity contribution is 5.74. The number of rotatable bonds is 4. The summed E-state index contributed by atoms with van der Waals surface area (Å²) in [4.78, 5) is 11.2. The lowest BCUT2D eigenvalue weighted by Gasteiger charge is -2.23. The van der Waals surface area contributed by atoms with E-state index in [0.29, 0.717) is 23.3 Å². The van der Waals surface area contributed by atoms with Gasteiger partial charge >= 0.3 is 5.97 Å². The molecule has 3 nitrogen and oxygen atoms in total. The van der Waals surface area contributed by atoms with Gasteiger partial charge in [-0.2, -0.15) is 0 Å². The SMILES string of the molecule is CC1CC(C)(C)CC1NC(C(=O)O)C1CC1. The number of hydrogen-bond donors (Lipinski definition) is 2. The van der Waals surface area contributed by atoms with Gasteiger partial charge in [0.2, 0.25) is 0 Å². The Hall–Kier alpha value is -0.570. The normalized spacial score (nSPS) is 34.9. The van der Waals surface area contributed by atoms with Crippen LogP contribution in [0.1, 0.15) is 46.5 Å². The van der Waals surface area contributed by atoms with Crippen molar-refractivity contribution in [3.63, 3.8) is 0 Å². The zero-order chi connectivity index (χ0) is 11.9. The molecular formula is C13H23NO2. The van der Waals surface area contributed by atoms with Gasteiger partial charge in [-0.25, -0.2) is 0 Å². The molecule has 0 aliphatic heterocycles. The number of aliphatic carboxylic acids is 1. The molecular weight excluding hydrogens is 202 g/mol. The van der Waals surface area contributed by atoms with Crippen LogP contribution in [0.5, 0.6) is 0 Å². The Balaban J connectivity index is 1.95. The molecule has 0 radical (unpaired) electrons. The van der Waals surface area contributed by atoms with Crippen LogP contribution >= 0.6 is 0 Å². The Morgan fingerprint density at radius 1 is 1.38 bits per heavy atom. The van der Waals surface area contributed by atoms with Gasteiger partial charge in [0.25, 0.3) is 0 Å². The molecule has 2 rings (SSSR count). The zero-order valence-electron chi connectivity index (χ0n) is 10.5. The highest BCUT2D eigenvalue weighted by Crippen LogP contribution is 2.42. The van der Waals surface area contributed by atoms with E-state index in [2.05, 4.69) is 26.1 Å². The average Bonchev–Trinajstić information content (AvgIpc) is 2.89. The summed E-state index contributed by atoms with van der Waals surface area (Å²) in [7, 11) is 0. The van der Waals surface area contributed by atoms with E-state index in [4.69, 9.17) is 0 Å². The fraction of sp³-hybridized carbons (Fsp3) is 0.923. The smallest absolute Gasteiger partial charge is 0.320 e. The second-order valence-corrected chi connectivity index (χ2v) is 6.48. The third-order valence-corrected chi connectivity index (χ3v) is 4.09. The molecule has 2 fully saturated rings. The molecule has 3 unspecified atom stereocenters. The van der Waals surface area contributed by atoms with E-state index in [1.807, 2.05) is 0 Å². The van der Waals surface area contributed by atoms with Crippen molar-refractivity contribution in [3.8, 4) is 0 Å². The number of carbonyl (C=O) groups is 1. The molecule has 0 bridgehead atoms. The first kappa shape index (κ1) is 11.9. The predicted molar refractivity (Wildman–Crippen MR) is 63.3 cm³/mol. The van der Waals surface area contributed by atoms with Crippen molar-refractivity contribution in [2.75, 3.05) is 0 Å². The molecule has 2 aliphatic carbocycles. The van der Waals surface area contributed by atoms with Crippen molar-refractivity contribution in [1.29, 1.82) is 0 Å². The van der Waals surface area contributed by atoms with Crippen LogP contribution in [0.2, 0.25) is 0 Å². The minimum atomic E-state index is -0.667. The van der Waals surface area contributed by atoms with E-state index in [1.54, 1.807) is 0 Å². The standard InChI is InChI=1S/C13H23NO2/c1-8-6-13(2,3)7-10(8)14-11(12(15)16)9-4-5-9/h8-11,14H,4-7H2,1-3H3,(H,15,16). The maximum absolute atomic E-state index is 11.2. The van der Waals surface area contributed by atoms with Crippen LogP contribution in [-0.4, -0.2) is 23.2 Å². The molecule has 0 heterocycles. The second-order valence-electron chi connectivity index (χ2n) is 6.48. The van der Waals surface area contributed by atoms with Gasteiger partial charge in [-0.15, -0.1) is 0 Å². The Kier molecular flexibility index (Phi) is 2.99. The summed E-state index contributed by atoms with van der Waals surface area (Å²) in [6.45, 7) is 6.79. The van der Waals surface area contributed by atoms with Crippen molar-refractivity contribution in [2.24, 2.45) is 17.3 Å². The summed E-state index contributed by atoms with van der Waals surface area (Å²) in [6.07, 6.45) is 4.45. The van der Waals surface area contributed by atoms with E-state index in [-0.39, 0.29) is 6.04 Å². The minimum absolute atomic E-state index is 0.304. The van der Waals surface area contributed by atoms with Crippen LogP contribution in [0.4, 0.5) is 0 Å². The minimum Gasteiger partial charge on any atom is -0.480 e. The summed E-state index contributed by atoms with van der Waals surface area (Å²) in [5.74, 6) is 0.309. The lowest BCUT2D eigenvalue weighted by atomic mass is 9.91. The quantitative estimate of drug-likeness (QED) is 0.771. The molecule has 2 saturated carbocycles. The number of carboxylic acids is 1. The third kappa shape index (κ3) is 2.57. The fourth-order valence-corrected chi connectivity index (χ4v) is 3.19. The van der Waals surface area contributed by atoms with Gasteiger partial charge in [0.1, 0.15) is 6.04 Å². The first-order valence-electron chi connectivity index (χ1n) is 6.38. The van der Waals surface area contributed by atoms with Crippen LogP contribution in [0.25, 0.3) is 0 Å². The number of nitrogens with one attached hydrogen (secondary N) is 1. The molecule has 0 amide bonds. The number of carboxylic acid groups (broad SMARTS) is 1. The largest absolute Gasteiger partial charge is 0.480 e. The molecule has 2 N–H and O–H groups in total. The molecule has 3 atom stereocenters. The van der Waals surface area contributed by atoms with E-state index in [1.165, 1.54) is 6.42 Å². The molecule has 0 saturated heterocycles. The van der Waals surface area contributed by atoms with Gasteiger partial charge in [-0.3, -0.25) is 4.79 Å². The van der Waals surface area contributed by atoms with Gasteiger partial charge in [0.05, 0.1) is 0 Å². The van der Waals surface area contributed by atoms with Crippen molar-refractivity contribution in [1.82, 2.24) is 5.32 Å². The zero-order valence-corrected chi connectivity index (χ0v) is 10.5. The molecule has 92 valence electrons. The molecule has 3 heteroatoms. The molecule has 16 heavy (non-hydrogen) atoms. The monoisotopic (exact) mass is 225 g/mol. The predicted octanol–water partition coefficient (Wildman–Crippen LogP) is 2.26. The molecule has 0 aromatic carbocycles.